The van der Waals surface area contributed by atoms with Crippen molar-refractivity contribution in [1.82, 2.24) is 4.48 Å². The quantitative estimate of drug-likeness (QED) is 0.567. The number of aryl methyl sites for hydroxylation is 1. The molecule has 3 aromatic rings. The smallest absolute Gasteiger partial charge is 0.457 e. The molecule has 0 saturated heterocycles. The van der Waals surface area contributed by atoms with E-state index in [-0.39, 0.29) is 5.82 Å². The van der Waals surface area contributed by atoms with Crippen molar-refractivity contribution >= 4 is 31.5 Å². The van der Waals surface area contributed by atoms with Crippen molar-refractivity contribution < 1.29 is 13.6 Å². The average Bonchev–Trinajstić information content (AvgIpc) is 3.39. The lowest BCUT2D eigenvalue weighted by Gasteiger charge is -2.18. The molecule has 4 nitrogen and oxygen atoms in total. The van der Waals surface area contributed by atoms with Gasteiger partial charge in [-0.3, -0.25) is 4.49 Å². The maximum Gasteiger partial charge on any atom is 0.699 e. The Balaban J connectivity index is 1.48. The molecule has 0 amide bonds. The fraction of sp³-hybridized carbons (Fsp3) is 0.115. The van der Waals surface area contributed by atoms with Crippen LogP contribution in [0, 0.1) is 12.7 Å². The van der Waals surface area contributed by atoms with Crippen LogP contribution in [-0.4, -0.2) is 29.3 Å². The van der Waals surface area contributed by atoms with E-state index in [1.807, 2.05) is 30.3 Å². The Hall–Kier alpha value is -3.64. The standard InChI is InChI=1S/C26H23BFN3O/c1-18-17-21(31-26(18)23(14-15-29)24-6-4-16-30(24)27-31)11-8-19-5-2-3-7-25(19)32-22-12-9-20(28)10-13-22/h2-13,16-17H,14-15,29H2,1H3/q+1/b11-8+. The second kappa shape index (κ2) is 8.48. The van der Waals surface area contributed by atoms with Crippen molar-refractivity contribution in [3.63, 3.8) is 0 Å². The van der Waals surface area contributed by atoms with Crippen molar-refractivity contribution in [3.8, 4) is 11.5 Å². The molecule has 0 bridgehead atoms. The zero-order valence-corrected chi connectivity index (χ0v) is 17.8. The summed E-state index contributed by atoms with van der Waals surface area (Å²) in [6.07, 6.45) is 11.2. The van der Waals surface area contributed by atoms with E-state index in [9.17, 15) is 4.39 Å². The van der Waals surface area contributed by atoms with Gasteiger partial charge in [-0.25, -0.2) is 4.39 Å². The first kappa shape index (κ1) is 20.3. The van der Waals surface area contributed by atoms with E-state index < -0.39 is 0 Å². The van der Waals surface area contributed by atoms with Crippen LogP contribution in [0.15, 0.2) is 72.4 Å². The summed E-state index contributed by atoms with van der Waals surface area (Å²) in [5.74, 6) is 1.02. The van der Waals surface area contributed by atoms with Gasteiger partial charge >= 0.3 is 7.55 Å². The number of rotatable bonds is 6. The van der Waals surface area contributed by atoms with Crippen molar-refractivity contribution in [1.29, 1.82) is 0 Å². The summed E-state index contributed by atoms with van der Waals surface area (Å²) in [6, 6.07) is 16.0. The summed E-state index contributed by atoms with van der Waals surface area (Å²) < 4.78 is 23.6. The number of benzene rings is 2. The third-order valence-electron chi connectivity index (χ3n) is 5.66. The predicted molar refractivity (Wildman–Crippen MR) is 128 cm³/mol. The number of hydrogen-bond donors (Lipinski definition) is 1. The summed E-state index contributed by atoms with van der Waals surface area (Å²) in [5.41, 5.74) is 12.8. The summed E-state index contributed by atoms with van der Waals surface area (Å²) in [7, 11) is 2.11. The molecule has 0 atom stereocenters. The topological polar surface area (TPSA) is 43.2 Å². The largest absolute Gasteiger partial charge is 0.699 e. The van der Waals surface area contributed by atoms with Crippen molar-refractivity contribution in [3.05, 3.63) is 101 Å². The number of hydrogen-bond acceptors (Lipinski definition) is 2. The van der Waals surface area contributed by atoms with Crippen LogP contribution in [0.3, 0.4) is 0 Å². The lowest BCUT2D eigenvalue weighted by atomic mass is 9.94. The minimum Gasteiger partial charge on any atom is -0.457 e. The van der Waals surface area contributed by atoms with Gasteiger partial charge in [-0.05, 0) is 74.0 Å². The van der Waals surface area contributed by atoms with Gasteiger partial charge in [0.25, 0.3) is 0 Å². The summed E-state index contributed by atoms with van der Waals surface area (Å²) in [6.45, 7) is 2.74. The Kier molecular flexibility index (Phi) is 5.37. The molecule has 2 aliphatic heterocycles. The fourth-order valence-electron chi connectivity index (χ4n) is 4.22. The molecular weight excluding hydrogens is 400 g/mol. The Morgan fingerprint density at radius 3 is 2.75 bits per heavy atom. The van der Waals surface area contributed by atoms with Crippen LogP contribution in [0.1, 0.15) is 28.9 Å². The van der Waals surface area contributed by atoms with Crippen molar-refractivity contribution in [2.24, 2.45) is 5.73 Å². The van der Waals surface area contributed by atoms with Gasteiger partial charge in [-0.15, -0.1) is 0 Å². The van der Waals surface area contributed by atoms with Crippen LogP contribution >= 0.6 is 0 Å². The fourth-order valence-corrected chi connectivity index (χ4v) is 4.22. The number of allylic oxidation sites excluding steroid dienone is 2. The van der Waals surface area contributed by atoms with E-state index in [0.29, 0.717) is 18.0 Å². The number of para-hydroxylation sites is 1. The second-order valence-corrected chi connectivity index (χ2v) is 7.83. The molecule has 0 aliphatic carbocycles. The molecule has 0 spiro atoms. The third-order valence-corrected chi connectivity index (χ3v) is 5.66. The Bertz CT molecular complexity index is 1300. The van der Waals surface area contributed by atoms with Crippen LogP contribution < -0.4 is 10.5 Å². The van der Waals surface area contributed by atoms with Crippen LogP contribution in [0.2, 0.25) is 0 Å². The first-order chi connectivity index (χ1) is 15.6. The molecule has 157 valence electrons. The first-order valence-corrected chi connectivity index (χ1v) is 10.6. The highest BCUT2D eigenvalue weighted by molar-refractivity contribution is 6.28. The van der Waals surface area contributed by atoms with Gasteiger partial charge in [0, 0.05) is 34.7 Å². The van der Waals surface area contributed by atoms with Gasteiger partial charge in [0.1, 0.15) is 23.5 Å². The Labute approximate surface area is 187 Å². The first-order valence-electron chi connectivity index (χ1n) is 10.6. The highest BCUT2D eigenvalue weighted by Crippen LogP contribution is 2.34. The average molecular weight is 423 g/mol. The molecule has 0 unspecified atom stereocenters. The molecule has 2 aliphatic rings. The van der Waals surface area contributed by atoms with Gasteiger partial charge < -0.3 is 14.9 Å². The van der Waals surface area contributed by atoms with E-state index >= 15 is 0 Å². The molecule has 32 heavy (non-hydrogen) atoms. The second-order valence-electron chi connectivity index (χ2n) is 7.83. The summed E-state index contributed by atoms with van der Waals surface area (Å²) in [4.78, 5) is 0. The number of nitrogens with two attached hydrogens (primary N) is 1. The van der Waals surface area contributed by atoms with E-state index in [0.717, 1.165) is 17.7 Å². The van der Waals surface area contributed by atoms with Crippen LogP contribution in [0.25, 0.3) is 17.7 Å². The Morgan fingerprint density at radius 1 is 1.12 bits per heavy atom. The van der Waals surface area contributed by atoms with Crippen molar-refractivity contribution in [2.75, 3.05) is 6.54 Å². The third kappa shape index (κ3) is 3.74. The lowest BCUT2D eigenvalue weighted by Crippen LogP contribution is -2.30. The normalized spacial score (nSPS) is 14.4. The zero-order chi connectivity index (χ0) is 22.1. The Morgan fingerprint density at radius 2 is 1.94 bits per heavy atom. The highest BCUT2D eigenvalue weighted by Gasteiger charge is 2.34. The van der Waals surface area contributed by atoms with Gasteiger partial charge in [0.15, 0.2) is 5.70 Å². The summed E-state index contributed by atoms with van der Waals surface area (Å²) in [5, 5.41) is 0. The zero-order valence-electron chi connectivity index (χ0n) is 17.8. The van der Waals surface area contributed by atoms with E-state index in [4.69, 9.17) is 10.5 Å². The number of aromatic nitrogens is 1. The van der Waals surface area contributed by atoms with Gasteiger partial charge in [0.05, 0.1) is 0 Å². The van der Waals surface area contributed by atoms with E-state index in [1.165, 1.54) is 34.7 Å². The molecule has 1 radical (unpaired) electrons. The number of ether oxygens (including phenoxy) is 1. The van der Waals surface area contributed by atoms with Crippen LogP contribution in [-0.2, 0) is 0 Å². The van der Waals surface area contributed by atoms with Crippen LogP contribution in [0.4, 0.5) is 4.39 Å². The maximum absolute atomic E-state index is 13.2. The minimum atomic E-state index is -0.285. The number of halogens is 1. The monoisotopic (exact) mass is 423 g/mol. The van der Waals surface area contributed by atoms with Crippen molar-refractivity contribution in [2.45, 2.75) is 13.3 Å². The maximum atomic E-state index is 13.2. The van der Waals surface area contributed by atoms with Gasteiger partial charge in [0.2, 0.25) is 0 Å². The van der Waals surface area contributed by atoms with E-state index in [2.05, 4.69) is 53.9 Å². The lowest BCUT2D eigenvalue weighted by molar-refractivity contribution is -0.307. The molecule has 3 heterocycles. The van der Waals surface area contributed by atoms with Gasteiger partial charge in [-0.2, -0.15) is 0 Å². The predicted octanol–water partition coefficient (Wildman–Crippen LogP) is 5.01. The molecule has 1 aromatic heterocycles. The molecule has 5 rings (SSSR count). The molecule has 2 N–H and O–H groups in total. The summed E-state index contributed by atoms with van der Waals surface area (Å²) >= 11 is 0. The molecule has 0 fully saturated rings. The molecule has 0 saturated carbocycles. The minimum absolute atomic E-state index is 0.285. The van der Waals surface area contributed by atoms with Crippen LogP contribution in [0.5, 0.6) is 11.5 Å². The molecule has 2 aromatic carbocycles. The molecular formula is C26H23BFN3O+. The number of nitrogens with zero attached hydrogens (tertiary/aromatic N) is 2. The highest BCUT2D eigenvalue weighted by atomic mass is 19.1. The van der Waals surface area contributed by atoms with Gasteiger partial charge in [-0.1, -0.05) is 18.2 Å². The number of fused-ring (bicyclic) bond motifs is 2. The molecule has 6 heteroatoms. The SMILES string of the molecule is Cc1cc(/C=C/c2ccccc2Oc2ccc(F)cc2)n2c1C(CCN)=C1C=CC=[N+]1[B]2. The van der Waals surface area contributed by atoms with E-state index in [1.54, 1.807) is 12.1 Å².